The van der Waals surface area contributed by atoms with Crippen LogP contribution in [0.1, 0.15) is 39.7 Å². The van der Waals surface area contributed by atoms with Crippen LogP contribution in [0.4, 0.5) is 0 Å². The van der Waals surface area contributed by atoms with Gasteiger partial charge in [0, 0.05) is 5.41 Å². The normalized spacial score (nSPS) is 13.1. The van der Waals surface area contributed by atoms with E-state index in [4.69, 9.17) is 0 Å². The highest BCUT2D eigenvalue weighted by atomic mass is 14.1. The Hall–Kier alpha value is -2.00. The zero-order chi connectivity index (χ0) is 16.0. The lowest BCUT2D eigenvalue weighted by Gasteiger charge is -2.11. The summed E-state index contributed by atoms with van der Waals surface area (Å²) < 4.78 is 0. The van der Waals surface area contributed by atoms with Crippen LogP contribution in [-0.4, -0.2) is 0 Å². The van der Waals surface area contributed by atoms with Gasteiger partial charge < -0.3 is 0 Å². The lowest BCUT2D eigenvalue weighted by molar-refractivity contribution is 0.571. The molecule has 0 radical (unpaired) electrons. The number of allylic oxidation sites excluding steroid dienone is 2. The molecular weight excluding hydrogens is 264 g/mol. The number of hydrogen-bond acceptors (Lipinski definition) is 0. The Balaban J connectivity index is 1.98. The molecule has 0 heterocycles. The second-order valence-electron chi connectivity index (χ2n) is 7.10. The first kappa shape index (κ1) is 16.4. The van der Waals surface area contributed by atoms with Gasteiger partial charge in [-0.05, 0) is 61.9 Å². The quantitative estimate of drug-likeness (QED) is 0.604. The van der Waals surface area contributed by atoms with Gasteiger partial charge in [0.2, 0.25) is 0 Å². The molecule has 2 aromatic carbocycles. The number of rotatable bonds is 4. The molecule has 0 nitrogen and oxygen atoms in total. The molecule has 0 saturated heterocycles. The van der Waals surface area contributed by atoms with Crippen molar-refractivity contribution in [2.45, 2.75) is 40.5 Å². The fraction of sp³-hybridized carbons (Fsp3) is 0.364. The van der Waals surface area contributed by atoms with Crippen LogP contribution in [0.2, 0.25) is 0 Å². The Kier molecular flexibility index (Phi) is 5.45. The average molecular weight is 290 g/mol. The first-order valence-electron chi connectivity index (χ1n) is 8.10. The third-order valence-corrected chi connectivity index (χ3v) is 3.64. The molecule has 0 aliphatic rings. The molecule has 0 saturated carbocycles. The van der Waals surface area contributed by atoms with Crippen molar-refractivity contribution in [3.05, 3.63) is 60.2 Å². The Bertz CT molecular complexity index is 697. The molecule has 0 aromatic heterocycles. The van der Waals surface area contributed by atoms with E-state index in [1.807, 2.05) is 6.08 Å². The zero-order valence-electron chi connectivity index (χ0n) is 14.2. The van der Waals surface area contributed by atoms with Crippen molar-refractivity contribution in [2.75, 3.05) is 0 Å². The van der Waals surface area contributed by atoms with Crippen LogP contribution >= 0.6 is 0 Å². The van der Waals surface area contributed by atoms with Crippen LogP contribution in [0.3, 0.4) is 0 Å². The maximum absolute atomic E-state index is 3.23. The van der Waals surface area contributed by atoms with E-state index < -0.39 is 0 Å². The predicted molar refractivity (Wildman–Crippen MR) is 97.8 cm³/mol. The van der Waals surface area contributed by atoms with Crippen LogP contribution in [0.25, 0.3) is 10.8 Å². The topological polar surface area (TPSA) is 0 Å². The van der Waals surface area contributed by atoms with Gasteiger partial charge in [0.25, 0.3) is 0 Å². The first-order chi connectivity index (χ1) is 10.5. The third-order valence-electron chi connectivity index (χ3n) is 3.64. The van der Waals surface area contributed by atoms with Gasteiger partial charge in [-0.3, -0.25) is 0 Å². The molecule has 0 amide bonds. The Morgan fingerprint density at radius 1 is 1.05 bits per heavy atom. The van der Waals surface area contributed by atoms with Gasteiger partial charge in [0.1, 0.15) is 0 Å². The van der Waals surface area contributed by atoms with Crippen molar-refractivity contribution in [1.82, 2.24) is 0 Å². The lowest BCUT2D eigenvalue weighted by Crippen LogP contribution is -1.99. The fourth-order valence-corrected chi connectivity index (χ4v) is 2.55. The van der Waals surface area contributed by atoms with E-state index >= 15 is 0 Å². The maximum atomic E-state index is 3.23. The largest absolute Gasteiger partial charge is 0.0926 e. The van der Waals surface area contributed by atoms with Crippen LogP contribution < -0.4 is 0 Å². The van der Waals surface area contributed by atoms with E-state index in [9.17, 15) is 0 Å². The summed E-state index contributed by atoms with van der Waals surface area (Å²) in [7, 11) is 0. The second kappa shape index (κ2) is 7.32. The van der Waals surface area contributed by atoms with Gasteiger partial charge in [0.15, 0.2) is 0 Å². The summed E-state index contributed by atoms with van der Waals surface area (Å²) in [6, 6.07) is 15.2. The molecule has 0 heteroatoms. The molecule has 2 rings (SSSR count). The molecule has 2 aromatic rings. The molecule has 114 valence electrons. The van der Waals surface area contributed by atoms with E-state index in [0.29, 0.717) is 5.92 Å². The van der Waals surface area contributed by atoms with E-state index in [-0.39, 0.29) is 5.41 Å². The maximum Gasteiger partial charge on any atom is 0.0233 e. The summed E-state index contributed by atoms with van der Waals surface area (Å²) in [5, 5.41) is 2.71. The Morgan fingerprint density at radius 2 is 1.77 bits per heavy atom. The summed E-state index contributed by atoms with van der Waals surface area (Å²) >= 11 is 0. The van der Waals surface area contributed by atoms with Gasteiger partial charge in [-0.25, -0.2) is 0 Å². The summed E-state index contributed by atoms with van der Waals surface area (Å²) in [4.78, 5) is 0. The Morgan fingerprint density at radius 3 is 2.55 bits per heavy atom. The minimum Gasteiger partial charge on any atom is -0.0926 e. The molecule has 0 aliphatic carbocycles. The molecule has 22 heavy (non-hydrogen) atoms. The van der Waals surface area contributed by atoms with Crippen molar-refractivity contribution in [2.24, 2.45) is 11.3 Å². The molecule has 1 unspecified atom stereocenters. The van der Waals surface area contributed by atoms with Crippen LogP contribution in [0.5, 0.6) is 0 Å². The van der Waals surface area contributed by atoms with Crippen molar-refractivity contribution >= 4 is 10.8 Å². The van der Waals surface area contributed by atoms with E-state index in [0.717, 1.165) is 12.8 Å². The third kappa shape index (κ3) is 5.08. The van der Waals surface area contributed by atoms with Crippen molar-refractivity contribution in [3.63, 3.8) is 0 Å². The molecule has 0 aliphatic heterocycles. The highest BCUT2D eigenvalue weighted by Gasteiger charge is 2.05. The summed E-state index contributed by atoms with van der Waals surface area (Å²) in [6.07, 6.45) is 6.39. The van der Waals surface area contributed by atoms with Crippen LogP contribution in [0.15, 0.2) is 54.6 Å². The van der Waals surface area contributed by atoms with Crippen LogP contribution in [0, 0.1) is 23.2 Å². The molecule has 0 bridgehead atoms. The molecule has 0 fully saturated rings. The van der Waals surface area contributed by atoms with Gasteiger partial charge in [-0.1, -0.05) is 67.3 Å². The zero-order valence-corrected chi connectivity index (χ0v) is 14.2. The van der Waals surface area contributed by atoms with Crippen molar-refractivity contribution in [3.8, 4) is 11.8 Å². The Labute approximate surface area is 135 Å². The van der Waals surface area contributed by atoms with E-state index in [2.05, 4.69) is 88.1 Å². The molecule has 0 N–H and O–H groups in total. The fourth-order valence-electron chi connectivity index (χ4n) is 2.55. The summed E-state index contributed by atoms with van der Waals surface area (Å²) in [5.74, 6) is 7.00. The number of fused-ring (bicyclic) bond motifs is 1. The number of hydrogen-bond donors (Lipinski definition) is 0. The lowest BCUT2D eigenvalue weighted by atomic mass is 9.94. The highest BCUT2D eigenvalue weighted by Crippen LogP contribution is 2.22. The van der Waals surface area contributed by atoms with Crippen molar-refractivity contribution < 1.29 is 0 Å². The van der Waals surface area contributed by atoms with Crippen molar-refractivity contribution in [1.29, 1.82) is 0 Å². The SMILES string of the molecule is CC(C/C=C\C#CC(C)(C)C)Cc1cccc2ccccc12. The minimum absolute atomic E-state index is 0.0823. The monoisotopic (exact) mass is 290 g/mol. The average Bonchev–Trinajstić information content (AvgIpc) is 2.46. The minimum atomic E-state index is 0.0823. The number of benzene rings is 2. The highest BCUT2D eigenvalue weighted by molar-refractivity contribution is 5.85. The predicted octanol–water partition coefficient (Wildman–Crippen LogP) is 6.01. The van der Waals surface area contributed by atoms with E-state index in [1.165, 1.54) is 16.3 Å². The molecular formula is C22H26. The van der Waals surface area contributed by atoms with E-state index in [1.54, 1.807) is 0 Å². The van der Waals surface area contributed by atoms with Gasteiger partial charge in [0.05, 0.1) is 0 Å². The van der Waals surface area contributed by atoms with Gasteiger partial charge in [-0.15, -0.1) is 0 Å². The first-order valence-corrected chi connectivity index (χ1v) is 8.10. The second-order valence-corrected chi connectivity index (χ2v) is 7.10. The van der Waals surface area contributed by atoms with Crippen LogP contribution in [-0.2, 0) is 6.42 Å². The molecule has 1 atom stereocenters. The van der Waals surface area contributed by atoms with Gasteiger partial charge in [-0.2, -0.15) is 0 Å². The summed E-state index contributed by atoms with van der Waals surface area (Å²) in [5.41, 5.74) is 1.53. The summed E-state index contributed by atoms with van der Waals surface area (Å²) in [6.45, 7) is 8.72. The smallest absolute Gasteiger partial charge is 0.0233 e. The molecule has 0 spiro atoms. The van der Waals surface area contributed by atoms with Gasteiger partial charge >= 0.3 is 0 Å². The standard InChI is InChI=1S/C22H26/c1-18(11-6-5-9-16-22(2,3)4)17-20-14-10-13-19-12-7-8-15-21(19)20/h5-8,10,12-15,18H,11,17H2,1-4H3/b6-5-.